The number of nitrogens with two attached hydrogens (primary N) is 1. The smallest absolute Gasteiger partial charge is 0.416 e. The lowest BCUT2D eigenvalue weighted by atomic mass is 9.83. The van der Waals surface area contributed by atoms with Crippen LogP contribution in [-0.4, -0.2) is 22.7 Å². The Morgan fingerprint density at radius 2 is 2.11 bits per heavy atom. The summed E-state index contributed by atoms with van der Waals surface area (Å²) in [5, 5.41) is 19.1. The molecule has 1 amide bonds. The second-order valence-corrected chi connectivity index (χ2v) is 8.51. The van der Waals surface area contributed by atoms with Crippen LogP contribution in [0, 0.1) is 18.3 Å². The van der Waals surface area contributed by atoms with E-state index in [1.807, 2.05) is 0 Å². The molecule has 4 rings (SSSR count). The van der Waals surface area contributed by atoms with Gasteiger partial charge < -0.3 is 20.5 Å². The van der Waals surface area contributed by atoms with Crippen LogP contribution in [0.2, 0.25) is 0 Å². The number of nitrogens with one attached hydrogen (secondary N) is 2. The van der Waals surface area contributed by atoms with Gasteiger partial charge >= 0.3 is 6.18 Å². The van der Waals surface area contributed by atoms with E-state index in [1.165, 1.54) is 12.1 Å². The number of nitrogens with zero attached hydrogens (tertiary/aromatic N) is 2. The number of halogens is 4. The van der Waals surface area contributed by atoms with Gasteiger partial charge in [0.05, 0.1) is 11.5 Å². The number of allylic oxidation sites excluding steroid dienone is 1. The Bertz CT molecular complexity index is 1380. The largest absolute Gasteiger partial charge is 0.483 e. The van der Waals surface area contributed by atoms with Gasteiger partial charge in [-0.3, -0.25) is 9.89 Å². The van der Waals surface area contributed by atoms with Crippen LogP contribution < -0.4 is 20.5 Å². The SMILES string of the molecule is Cc1[nH]nc2c1C(c1cc(Br)ccc1OCC(=O)Nc1cccc(C(F)(F)F)c1)C(C#N)=C(N)O2. The molecule has 12 heteroatoms. The van der Waals surface area contributed by atoms with Crippen molar-refractivity contribution in [2.75, 3.05) is 11.9 Å². The number of carbonyl (C=O) groups excluding carboxylic acids is 1. The van der Waals surface area contributed by atoms with Crippen LogP contribution in [0.3, 0.4) is 0 Å². The summed E-state index contributed by atoms with van der Waals surface area (Å²) in [6.45, 7) is 1.27. The molecule has 2 aromatic carbocycles. The van der Waals surface area contributed by atoms with Crippen molar-refractivity contribution in [3.05, 3.63) is 80.8 Å². The van der Waals surface area contributed by atoms with Gasteiger partial charge in [0.25, 0.3) is 5.91 Å². The summed E-state index contributed by atoms with van der Waals surface area (Å²) in [6.07, 6.45) is -4.54. The number of aryl methyl sites for hydroxylation is 1. The Morgan fingerprint density at radius 1 is 1.34 bits per heavy atom. The highest BCUT2D eigenvalue weighted by Crippen LogP contribution is 2.46. The van der Waals surface area contributed by atoms with E-state index in [-0.39, 0.29) is 28.8 Å². The van der Waals surface area contributed by atoms with E-state index in [9.17, 15) is 23.2 Å². The Labute approximate surface area is 205 Å². The summed E-state index contributed by atoms with van der Waals surface area (Å²) < 4.78 is 50.7. The molecular formula is C23H17BrF3N5O3. The van der Waals surface area contributed by atoms with Crippen molar-refractivity contribution in [2.24, 2.45) is 5.73 Å². The Balaban J connectivity index is 1.61. The Hall–Kier alpha value is -3.98. The van der Waals surface area contributed by atoms with Crippen molar-refractivity contribution in [3.63, 3.8) is 0 Å². The first-order chi connectivity index (χ1) is 16.6. The number of alkyl halides is 3. The fraction of sp³-hybridized carbons (Fsp3) is 0.174. The molecule has 1 atom stereocenters. The summed E-state index contributed by atoms with van der Waals surface area (Å²) in [7, 11) is 0. The van der Waals surface area contributed by atoms with E-state index in [0.29, 0.717) is 21.3 Å². The molecule has 35 heavy (non-hydrogen) atoms. The molecule has 2 heterocycles. The van der Waals surface area contributed by atoms with E-state index < -0.39 is 30.2 Å². The van der Waals surface area contributed by atoms with Crippen LogP contribution in [0.5, 0.6) is 11.6 Å². The number of nitriles is 1. The third kappa shape index (κ3) is 4.95. The number of anilines is 1. The van der Waals surface area contributed by atoms with Crippen LogP contribution >= 0.6 is 15.9 Å². The summed E-state index contributed by atoms with van der Waals surface area (Å²) in [4.78, 5) is 12.4. The van der Waals surface area contributed by atoms with Gasteiger partial charge in [0.2, 0.25) is 11.8 Å². The minimum Gasteiger partial charge on any atom is -0.483 e. The average Bonchev–Trinajstić information content (AvgIpc) is 3.16. The number of H-pyrrole nitrogens is 1. The van der Waals surface area contributed by atoms with Gasteiger partial charge in [-0.05, 0) is 43.3 Å². The maximum atomic E-state index is 12.9. The lowest BCUT2D eigenvalue weighted by Gasteiger charge is -2.25. The number of benzene rings is 2. The molecule has 8 nitrogen and oxygen atoms in total. The van der Waals surface area contributed by atoms with Crippen LogP contribution in [0.25, 0.3) is 0 Å². The molecule has 1 aliphatic heterocycles. The van der Waals surface area contributed by atoms with Gasteiger partial charge in [0.15, 0.2) is 6.61 Å². The average molecular weight is 548 g/mol. The number of hydrogen-bond acceptors (Lipinski definition) is 6. The normalized spacial score (nSPS) is 15.1. The van der Waals surface area contributed by atoms with Gasteiger partial charge in [-0.1, -0.05) is 22.0 Å². The van der Waals surface area contributed by atoms with Crippen molar-refractivity contribution in [3.8, 4) is 17.7 Å². The molecule has 0 saturated carbocycles. The maximum Gasteiger partial charge on any atom is 0.416 e. The van der Waals surface area contributed by atoms with Crippen LogP contribution in [0.1, 0.15) is 28.3 Å². The molecule has 0 spiro atoms. The number of hydrogen-bond donors (Lipinski definition) is 3. The number of amides is 1. The molecule has 0 bridgehead atoms. The summed E-state index contributed by atoms with van der Waals surface area (Å²) in [5.41, 5.74) is 6.95. The van der Waals surface area contributed by atoms with Gasteiger partial charge in [-0.15, -0.1) is 5.10 Å². The summed E-state index contributed by atoms with van der Waals surface area (Å²) >= 11 is 3.40. The fourth-order valence-corrected chi connectivity index (χ4v) is 4.08. The van der Waals surface area contributed by atoms with E-state index in [2.05, 4.69) is 37.5 Å². The molecule has 0 fully saturated rings. The van der Waals surface area contributed by atoms with Crippen molar-refractivity contribution in [2.45, 2.75) is 19.0 Å². The standard InChI is InChI=1S/C23H17BrF3N5O3/c1-11-19-20(16(9-28)21(29)35-22(19)32-31-11)15-8-13(24)5-6-17(15)34-10-18(33)30-14-4-2-3-12(7-14)23(25,26)27/h2-8,20H,10,29H2,1H3,(H,30,33)(H,31,32). The molecule has 3 aromatic rings. The maximum absolute atomic E-state index is 12.9. The van der Waals surface area contributed by atoms with E-state index in [1.54, 1.807) is 25.1 Å². The predicted molar refractivity (Wildman–Crippen MR) is 122 cm³/mol. The van der Waals surface area contributed by atoms with E-state index in [4.69, 9.17) is 15.2 Å². The lowest BCUT2D eigenvalue weighted by Crippen LogP contribution is -2.23. The number of rotatable bonds is 5. The monoisotopic (exact) mass is 547 g/mol. The molecule has 1 unspecified atom stereocenters. The summed E-state index contributed by atoms with van der Waals surface area (Å²) in [6, 6.07) is 11.4. The first kappa shape index (κ1) is 24.2. The number of aromatic amines is 1. The highest BCUT2D eigenvalue weighted by atomic mass is 79.9. The minimum absolute atomic E-state index is 0.0185. The van der Waals surface area contributed by atoms with E-state index in [0.717, 1.165) is 12.1 Å². The Morgan fingerprint density at radius 3 is 2.83 bits per heavy atom. The zero-order chi connectivity index (χ0) is 25.3. The third-order valence-electron chi connectivity index (χ3n) is 5.24. The van der Waals surface area contributed by atoms with Gasteiger partial charge in [0.1, 0.15) is 17.4 Å². The third-order valence-corrected chi connectivity index (χ3v) is 5.74. The van der Waals surface area contributed by atoms with Crippen LogP contribution in [0.4, 0.5) is 18.9 Å². The molecule has 0 aliphatic carbocycles. The van der Waals surface area contributed by atoms with Gasteiger partial charge in [-0.25, -0.2) is 0 Å². The number of ether oxygens (including phenoxy) is 2. The fourth-order valence-electron chi connectivity index (χ4n) is 3.70. The van der Waals surface area contributed by atoms with E-state index >= 15 is 0 Å². The quantitative estimate of drug-likeness (QED) is 0.423. The zero-order valence-corrected chi connectivity index (χ0v) is 19.6. The number of carbonyl (C=O) groups is 1. The molecule has 0 radical (unpaired) electrons. The zero-order valence-electron chi connectivity index (χ0n) is 18.0. The molecule has 1 aromatic heterocycles. The highest BCUT2D eigenvalue weighted by molar-refractivity contribution is 9.10. The minimum atomic E-state index is -4.54. The first-order valence-electron chi connectivity index (χ1n) is 10.1. The molecule has 1 aliphatic rings. The van der Waals surface area contributed by atoms with Crippen LogP contribution in [0.15, 0.2) is 58.4 Å². The summed E-state index contributed by atoms with van der Waals surface area (Å²) in [5.74, 6) is -0.976. The Kier molecular flexibility index (Phi) is 6.45. The highest BCUT2D eigenvalue weighted by Gasteiger charge is 2.36. The number of aromatic nitrogens is 2. The van der Waals surface area contributed by atoms with Crippen LogP contribution in [-0.2, 0) is 11.0 Å². The van der Waals surface area contributed by atoms with Gasteiger partial charge in [-0.2, -0.15) is 18.4 Å². The van der Waals surface area contributed by atoms with Crippen molar-refractivity contribution >= 4 is 27.5 Å². The van der Waals surface area contributed by atoms with Crippen molar-refractivity contribution < 1.29 is 27.4 Å². The van der Waals surface area contributed by atoms with Crippen molar-refractivity contribution in [1.29, 1.82) is 5.26 Å². The molecule has 180 valence electrons. The predicted octanol–water partition coefficient (Wildman–Crippen LogP) is 4.74. The topological polar surface area (TPSA) is 126 Å². The van der Waals surface area contributed by atoms with Gasteiger partial charge in [0, 0.05) is 27.0 Å². The number of fused-ring (bicyclic) bond motifs is 1. The second-order valence-electron chi connectivity index (χ2n) is 7.59. The first-order valence-corrected chi connectivity index (χ1v) is 10.9. The van der Waals surface area contributed by atoms with Crippen molar-refractivity contribution in [1.82, 2.24) is 10.2 Å². The molecule has 4 N–H and O–H groups in total. The molecule has 0 saturated heterocycles. The molecular weight excluding hydrogens is 531 g/mol. The second kappa shape index (κ2) is 9.34. The lowest BCUT2D eigenvalue weighted by molar-refractivity contribution is -0.137.